The van der Waals surface area contributed by atoms with E-state index in [0.717, 1.165) is 6.42 Å². The molecule has 2 rings (SSSR count). The zero-order valence-corrected chi connectivity index (χ0v) is 6.10. The van der Waals surface area contributed by atoms with Gasteiger partial charge in [0, 0.05) is 5.92 Å². The zero-order chi connectivity index (χ0) is 7.68. The van der Waals surface area contributed by atoms with E-state index in [1.54, 1.807) is 0 Å². The fourth-order valence-electron chi connectivity index (χ4n) is 1.36. The molecule has 0 aliphatic heterocycles. The van der Waals surface area contributed by atoms with Crippen LogP contribution in [0.25, 0.3) is 0 Å². The molecule has 1 aromatic rings. The van der Waals surface area contributed by atoms with Gasteiger partial charge in [-0.25, -0.2) is 0 Å². The van der Waals surface area contributed by atoms with Crippen LogP contribution in [0.15, 0.2) is 35.5 Å². The number of benzene rings is 1. The molecular formula is C9H9NO. The third kappa shape index (κ3) is 1.16. The second kappa shape index (κ2) is 2.46. The molecule has 0 bridgehead atoms. The fourth-order valence-corrected chi connectivity index (χ4v) is 1.36. The first-order chi connectivity index (χ1) is 5.42. The topological polar surface area (TPSA) is 29.4 Å². The first-order valence-corrected chi connectivity index (χ1v) is 3.79. The summed E-state index contributed by atoms with van der Waals surface area (Å²) >= 11 is 0. The van der Waals surface area contributed by atoms with Gasteiger partial charge >= 0.3 is 0 Å². The van der Waals surface area contributed by atoms with Crippen LogP contribution < -0.4 is 0 Å². The highest BCUT2D eigenvalue weighted by molar-refractivity contribution is 5.27. The largest absolute Gasteiger partial charge is 0.150 e. The first kappa shape index (κ1) is 6.53. The summed E-state index contributed by atoms with van der Waals surface area (Å²) in [5.41, 5.74) is 1.25. The van der Waals surface area contributed by atoms with Gasteiger partial charge in [-0.3, -0.25) is 0 Å². The monoisotopic (exact) mass is 147 g/mol. The summed E-state index contributed by atoms with van der Waals surface area (Å²) < 4.78 is 0. The molecule has 2 heteroatoms. The normalized spacial score (nSPS) is 28.0. The minimum Gasteiger partial charge on any atom is -0.150 e. The Balaban J connectivity index is 2.14. The van der Waals surface area contributed by atoms with E-state index in [9.17, 15) is 4.91 Å². The molecule has 0 heterocycles. The highest BCUT2D eigenvalue weighted by Gasteiger charge is 2.39. The average Bonchev–Trinajstić information content (AvgIpc) is 2.85. The molecule has 11 heavy (non-hydrogen) atoms. The molecule has 0 saturated heterocycles. The number of rotatable bonds is 2. The summed E-state index contributed by atoms with van der Waals surface area (Å²) in [4.78, 5) is 10.1. The molecule has 0 aromatic heterocycles. The Morgan fingerprint density at radius 3 is 2.55 bits per heavy atom. The molecule has 2 nitrogen and oxygen atoms in total. The van der Waals surface area contributed by atoms with Crippen molar-refractivity contribution in [1.29, 1.82) is 0 Å². The summed E-state index contributed by atoms with van der Waals surface area (Å²) in [6.45, 7) is 0. The van der Waals surface area contributed by atoms with Crippen molar-refractivity contribution in [3.8, 4) is 0 Å². The smallest absolute Gasteiger partial charge is 0.0995 e. The number of hydrogen-bond donors (Lipinski definition) is 0. The van der Waals surface area contributed by atoms with Gasteiger partial charge in [0.15, 0.2) is 0 Å². The first-order valence-electron chi connectivity index (χ1n) is 3.79. The SMILES string of the molecule is O=N[C@@H]1C[C@H]1c1ccccc1. The van der Waals surface area contributed by atoms with E-state index in [1.807, 2.05) is 18.2 Å². The third-order valence-electron chi connectivity index (χ3n) is 2.12. The standard InChI is InChI=1S/C9H9NO/c11-10-9-6-8(9)7-4-2-1-3-5-7/h1-5,8-9H,6H2/t8-,9+/m0/s1. The van der Waals surface area contributed by atoms with Crippen molar-refractivity contribution in [2.75, 3.05) is 0 Å². The fraction of sp³-hybridized carbons (Fsp3) is 0.333. The van der Waals surface area contributed by atoms with E-state index in [4.69, 9.17) is 0 Å². The van der Waals surface area contributed by atoms with Crippen molar-refractivity contribution < 1.29 is 0 Å². The maximum Gasteiger partial charge on any atom is 0.0995 e. The highest BCUT2D eigenvalue weighted by atomic mass is 16.3. The van der Waals surface area contributed by atoms with E-state index >= 15 is 0 Å². The van der Waals surface area contributed by atoms with Gasteiger partial charge in [-0.15, -0.1) is 0 Å². The number of nitrogens with zero attached hydrogens (tertiary/aromatic N) is 1. The second-order valence-corrected chi connectivity index (χ2v) is 2.93. The van der Waals surface area contributed by atoms with E-state index < -0.39 is 0 Å². The lowest BCUT2D eigenvalue weighted by atomic mass is 10.1. The van der Waals surface area contributed by atoms with Gasteiger partial charge in [-0.2, -0.15) is 4.91 Å². The van der Waals surface area contributed by atoms with Gasteiger partial charge in [0.1, 0.15) is 0 Å². The number of nitroso groups, excluding NO2 is 1. The minimum atomic E-state index is 0.0531. The molecule has 1 aliphatic rings. The lowest BCUT2D eigenvalue weighted by molar-refractivity contribution is 0.980. The summed E-state index contributed by atoms with van der Waals surface area (Å²) in [5, 5.41) is 3.01. The Morgan fingerprint density at radius 2 is 2.00 bits per heavy atom. The molecule has 0 amide bonds. The maximum absolute atomic E-state index is 10.1. The summed E-state index contributed by atoms with van der Waals surface area (Å²) in [5.74, 6) is 0.411. The molecule has 1 saturated carbocycles. The Kier molecular flexibility index (Phi) is 1.46. The average molecular weight is 147 g/mol. The van der Waals surface area contributed by atoms with Crippen LogP contribution >= 0.6 is 0 Å². The molecule has 0 unspecified atom stereocenters. The third-order valence-corrected chi connectivity index (χ3v) is 2.12. The van der Waals surface area contributed by atoms with Crippen molar-refractivity contribution in [1.82, 2.24) is 0 Å². The molecule has 1 aliphatic carbocycles. The second-order valence-electron chi connectivity index (χ2n) is 2.93. The van der Waals surface area contributed by atoms with Gasteiger partial charge < -0.3 is 0 Å². The Hall–Kier alpha value is -1.18. The number of hydrogen-bond acceptors (Lipinski definition) is 2. The van der Waals surface area contributed by atoms with Crippen molar-refractivity contribution in [3.63, 3.8) is 0 Å². The molecule has 0 radical (unpaired) electrons. The predicted molar refractivity (Wildman–Crippen MR) is 43.4 cm³/mol. The van der Waals surface area contributed by atoms with Gasteiger partial charge in [-0.05, 0) is 12.0 Å². The maximum atomic E-state index is 10.1. The van der Waals surface area contributed by atoms with E-state index in [1.165, 1.54) is 5.56 Å². The molecule has 0 N–H and O–H groups in total. The predicted octanol–water partition coefficient (Wildman–Crippen LogP) is 2.31. The molecular weight excluding hydrogens is 138 g/mol. The molecule has 0 spiro atoms. The molecule has 2 atom stereocenters. The van der Waals surface area contributed by atoms with Crippen molar-refractivity contribution in [2.45, 2.75) is 18.4 Å². The zero-order valence-electron chi connectivity index (χ0n) is 6.10. The van der Waals surface area contributed by atoms with Gasteiger partial charge in [0.2, 0.25) is 0 Å². The van der Waals surface area contributed by atoms with Crippen LogP contribution in [-0.2, 0) is 0 Å². The van der Waals surface area contributed by atoms with Crippen LogP contribution in [0.5, 0.6) is 0 Å². The van der Waals surface area contributed by atoms with Crippen LogP contribution in [0.2, 0.25) is 0 Å². The molecule has 1 fully saturated rings. The van der Waals surface area contributed by atoms with Crippen molar-refractivity contribution >= 4 is 0 Å². The quantitative estimate of drug-likeness (QED) is 0.590. The van der Waals surface area contributed by atoms with Crippen molar-refractivity contribution in [3.05, 3.63) is 40.8 Å². The lowest BCUT2D eigenvalue weighted by Gasteiger charge is -1.93. The van der Waals surface area contributed by atoms with Crippen LogP contribution in [0, 0.1) is 4.91 Å². The van der Waals surface area contributed by atoms with Crippen LogP contribution in [0.1, 0.15) is 17.9 Å². The Morgan fingerprint density at radius 1 is 1.27 bits per heavy atom. The van der Waals surface area contributed by atoms with E-state index in [0.29, 0.717) is 5.92 Å². The summed E-state index contributed by atoms with van der Waals surface area (Å²) in [6.07, 6.45) is 0.938. The van der Waals surface area contributed by atoms with Crippen LogP contribution in [0.3, 0.4) is 0 Å². The Bertz CT molecular complexity index is 258. The van der Waals surface area contributed by atoms with E-state index in [2.05, 4.69) is 17.3 Å². The van der Waals surface area contributed by atoms with Crippen LogP contribution in [0.4, 0.5) is 0 Å². The molecule has 1 aromatic carbocycles. The van der Waals surface area contributed by atoms with Gasteiger partial charge in [0.05, 0.1) is 6.04 Å². The van der Waals surface area contributed by atoms with Crippen LogP contribution in [-0.4, -0.2) is 6.04 Å². The Labute approximate surface area is 65.2 Å². The minimum absolute atomic E-state index is 0.0531. The highest BCUT2D eigenvalue weighted by Crippen LogP contribution is 2.42. The van der Waals surface area contributed by atoms with Gasteiger partial charge in [-0.1, -0.05) is 35.5 Å². The summed E-state index contributed by atoms with van der Waals surface area (Å²) in [6, 6.07) is 10.1. The lowest BCUT2D eigenvalue weighted by Crippen LogP contribution is -1.81. The summed E-state index contributed by atoms with van der Waals surface area (Å²) in [7, 11) is 0. The molecule has 56 valence electrons. The van der Waals surface area contributed by atoms with E-state index in [-0.39, 0.29) is 6.04 Å². The van der Waals surface area contributed by atoms with Gasteiger partial charge in [0.25, 0.3) is 0 Å². The van der Waals surface area contributed by atoms with Crippen molar-refractivity contribution in [2.24, 2.45) is 5.18 Å².